The number of aromatic nitrogens is 3. The highest BCUT2D eigenvalue weighted by Gasteiger charge is 2.27. The summed E-state index contributed by atoms with van der Waals surface area (Å²) in [4.78, 5) is 37.9. The zero-order chi connectivity index (χ0) is 28.4. The molecule has 3 aromatic carbocycles. The summed E-state index contributed by atoms with van der Waals surface area (Å²) in [6.07, 6.45) is 3.38. The maximum atomic E-state index is 14.3. The van der Waals surface area contributed by atoms with Gasteiger partial charge < -0.3 is 15.6 Å². The number of hydrogen-bond acceptors (Lipinski definition) is 4. The van der Waals surface area contributed by atoms with Crippen LogP contribution in [0.25, 0.3) is 33.5 Å². The summed E-state index contributed by atoms with van der Waals surface area (Å²) < 4.78 is 27.6. The molecule has 2 aromatic heterocycles. The predicted molar refractivity (Wildman–Crippen MR) is 151 cm³/mol. The summed E-state index contributed by atoms with van der Waals surface area (Å²) >= 11 is 0. The van der Waals surface area contributed by atoms with Crippen LogP contribution in [-0.2, 0) is 4.79 Å². The van der Waals surface area contributed by atoms with Gasteiger partial charge in [0.25, 0.3) is 11.8 Å². The Morgan fingerprint density at radius 3 is 2.38 bits per heavy atom. The molecule has 0 aliphatic heterocycles. The van der Waals surface area contributed by atoms with Crippen molar-refractivity contribution in [3.8, 4) is 22.8 Å². The maximum absolute atomic E-state index is 14.3. The predicted octanol–water partition coefficient (Wildman–Crippen LogP) is 6.61. The molecule has 202 valence electrons. The van der Waals surface area contributed by atoms with Crippen molar-refractivity contribution >= 4 is 28.3 Å². The largest absolute Gasteiger partial charge is 0.346 e. The van der Waals surface area contributed by atoms with Gasteiger partial charge in [0, 0.05) is 28.4 Å². The molecule has 0 aliphatic rings. The topological polar surface area (TPSA) is 99.8 Å². The Kier molecular flexibility index (Phi) is 7.13. The van der Waals surface area contributed by atoms with Crippen LogP contribution in [0.4, 0.5) is 14.5 Å². The minimum absolute atomic E-state index is 0.235. The number of amides is 2. The Balaban J connectivity index is 1.48. The first kappa shape index (κ1) is 26.7. The van der Waals surface area contributed by atoms with Crippen molar-refractivity contribution in [2.75, 3.05) is 5.32 Å². The first-order chi connectivity index (χ1) is 19.1. The van der Waals surface area contributed by atoms with Crippen molar-refractivity contribution < 1.29 is 18.4 Å². The Morgan fingerprint density at radius 2 is 1.65 bits per heavy atom. The second-order valence-electron chi connectivity index (χ2n) is 10.0. The van der Waals surface area contributed by atoms with Gasteiger partial charge in [-0.25, -0.2) is 13.8 Å². The Hall–Kier alpha value is -4.92. The SMILES string of the molecule is CC(NC(=O)c1cc(NC(=O)C(C)(C)F)cc(-c2cnc(-c3cc4ccccc4cn3)[nH]2)c1)c1ccc(F)cc1. The number of aromatic amines is 1. The van der Waals surface area contributed by atoms with Crippen molar-refractivity contribution in [2.24, 2.45) is 0 Å². The van der Waals surface area contributed by atoms with Crippen molar-refractivity contribution in [2.45, 2.75) is 32.5 Å². The molecule has 5 aromatic rings. The second-order valence-corrected chi connectivity index (χ2v) is 10.0. The standard InChI is InChI=1S/C31H27F2N5O2/c1-18(19-8-10-24(32)11-9-19)36-29(39)23-12-22(13-25(14-23)37-30(40)31(2,3)33)27-17-35-28(38-27)26-15-20-6-4-5-7-21(20)16-34-26/h4-18H,1-3H3,(H,35,38)(H,36,39)(H,37,40). The Bertz CT molecular complexity index is 1710. The highest BCUT2D eigenvalue weighted by Crippen LogP contribution is 2.28. The molecule has 1 unspecified atom stereocenters. The Labute approximate surface area is 229 Å². The molecule has 2 heterocycles. The molecule has 0 spiro atoms. The van der Waals surface area contributed by atoms with Crippen LogP contribution in [0.1, 0.15) is 42.7 Å². The third kappa shape index (κ3) is 5.88. The number of carbonyl (C=O) groups is 2. The quantitative estimate of drug-likeness (QED) is 0.217. The Morgan fingerprint density at radius 1 is 0.925 bits per heavy atom. The van der Waals surface area contributed by atoms with E-state index < -0.39 is 23.5 Å². The number of hydrogen-bond donors (Lipinski definition) is 3. The van der Waals surface area contributed by atoms with Crippen molar-refractivity contribution in [1.29, 1.82) is 0 Å². The first-order valence-electron chi connectivity index (χ1n) is 12.7. The van der Waals surface area contributed by atoms with Gasteiger partial charge in [-0.2, -0.15) is 0 Å². The summed E-state index contributed by atoms with van der Waals surface area (Å²) in [7, 11) is 0. The van der Waals surface area contributed by atoms with Gasteiger partial charge in [-0.1, -0.05) is 36.4 Å². The highest BCUT2D eigenvalue weighted by molar-refractivity contribution is 6.01. The number of fused-ring (bicyclic) bond motifs is 1. The summed E-state index contributed by atoms with van der Waals surface area (Å²) in [5.41, 5.74) is 0.832. The van der Waals surface area contributed by atoms with Crippen LogP contribution >= 0.6 is 0 Å². The van der Waals surface area contributed by atoms with Crippen molar-refractivity contribution in [3.63, 3.8) is 0 Å². The van der Waals surface area contributed by atoms with E-state index in [9.17, 15) is 18.4 Å². The van der Waals surface area contributed by atoms with Gasteiger partial charge >= 0.3 is 0 Å². The number of imidazole rings is 1. The summed E-state index contributed by atoms with van der Waals surface area (Å²) in [6, 6.07) is 20.0. The van der Waals surface area contributed by atoms with Gasteiger partial charge in [-0.05, 0) is 68.1 Å². The van der Waals surface area contributed by atoms with E-state index in [2.05, 4.69) is 25.6 Å². The fourth-order valence-electron chi connectivity index (χ4n) is 4.19. The van der Waals surface area contributed by atoms with Gasteiger partial charge in [0.05, 0.1) is 17.9 Å². The molecule has 5 rings (SSSR count). The molecule has 0 aliphatic carbocycles. The normalized spacial score (nSPS) is 12.2. The lowest BCUT2D eigenvalue weighted by molar-refractivity contribution is -0.125. The molecule has 2 amide bonds. The van der Waals surface area contributed by atoms with Gasteiger partial charge in [-0.15, -0.1) is 0 Å². The monoisotopic (exact) mass is 539 g/mol. The molecule has 0 saturated heterocycles. The number of pyridine rings is 1. The third-order valence-electron chi connectivity index (χ3n) is 6.47. The lowest BCUT2D eigenvalue weighted by atomic mass is 10.0. The lowest BCUT2D eigenvalue weighted by Crippen LogP contribution is -2.32. The molecule has 40 heavy (non-hydrogen) atoms. The second kappa shape index (κ2) is 10.7. The molecular formula is C31H27F2N5O2. The van der Waals surface area contributed by atoms with E-state index in [4.69, 9.17) is 0 Å². The fraction of sp³-hybridized carbons (Fsp3) is 0.161. The molecule has 0 radical (unpaired) electrons. The number of rotatable bonds is 7. The van der Waals surface area contributed by atoms with E-state index in [1.807, 2.05) is 30.3 Å². The van der Waals surface area contributed by atoms with Crippen molar-refractivity contribution in [3.05, 3.63) is 102 Å². The summed E-state index contributed by atoms with van der Waals surface area (Å²) in [6.45, 7) is 4.09. The van der Waals surface area contributed by atoms with E-state index in [0.29, 0.717) is 22.8 Å². The van der Waals surface area contributed by atoms with E-state index in [1.165, 1.54) is 18.2 Å². The zero-order valence-corrected chi connectivity index (χ0v) is 22.1. The molecule has 0 saturated carbocycles. The van der Waals surface area contributed by atoms with E-state index in [1.54, 1.807) is 43.6 Å². The van der Waals surface area contributed by atoms with Crippen LogP contribution in [0.2, 0.25) is 0 Å². The summed E-state index contributed by atoms with van der Waals surface area (Å²) in [5.74, 6) is -1.12. The number of H-pyrrole nitrogens is 1. The maximum Gasteiger partial charge on any atom is 0.261 e. The average molecular weight is 540 g/mol. The van der Waals surface area contributed by atoms with Gasteiger partial charge in [0.15, 0.2) is 11.5 Å². The number of carbonyl (C=O) groups excluding carboxylic acids is 2. The number of benzene rings is 3. The van der Waals surface area contributed by atoms with Crippen LogP contribution in [0, 0.1) is 5.82 Å². The van der Waals surface area contributed by atoms with E-state index >= 15 is 0 Å². The lowest BCUT2D eigenvalue weighted by Gasteiger charge is -2.17. The van der Waals surface area contributed by atoms with Gasteiger partial charge in [0.1, 0.15) is 11.5 Å². The minimum atomic E-state index is -2.13. The molecular weight excluding hydrogens is 512 g/mol. The number of anilines is 1. The number of nitrogens with zero attached hydrogens (tertiary/aromatic N) is 2. The van der Waals surface area contributed by atoms with Crippen LogP contribution in [0.5, 0.6) is 0 Å². The van der Waals surface area contributed by atoms with Crippen LogP contribution in [0.15, 0.2) is 85.2 Å². The number of nitrogens with one attached hydrogen (secondary N) is 3. The van der Waals surface area contributed by atoms with Gasteiger partial charge in [0.2, 0.25) is 0 Å². The molecule has 1 atom stereocenters. The van der Waals surface area contributed by atoms with Gasteiger partial charge in [-0.3, -0.25) is 14.6 Å². The smallest absolute Gasteiger partial charge is 0.261 e. The van der Waals surface area contributed by atoms with Crippen LogP contribution in [-0.4, -0.2) is 32.4 Å². The fourth-order valence-corrected chi connectivity index (χ4v) is 4.19. The average Bonchev–Trinajstić information content (AvgIpc) is 3.43. The highest BCUT2D eigenvalue weighted by atomic mass is 19.1. The zero-order valence-electron chi connectivity index (χ0n) is 22.1. The van der Waals surface area contributed by atoms with E-state index in [0.717, 1.165) is 30.2 Å². The molecule has 3 N–H and O–H groups in total. The number of alkyl halides is 1. The molecule has 0 fully saturated rings. The van der Waals surface area contributed by atoms with Crippen molar-refractivity contribution in [1.82, 2.24) is 20.3 Å². The van der Waals surface area contributed by atoms with Crippen LogP contribution < -0.4 is 10.6 Å². The first-order valence-corrected chi connectivity index (χ1v) is 12.7. The van der Waals surface area contributed by atoms with Crippen LogP contribution in [0.3, 0.4) is 0 Å². The molecule has 9 heteroatoms. The number of halogens is 2. The third-order valence-corrected chi connectivity index (χ3v) is 6.47. The molecule has 0 bridgehead atoms. The minimum Gasteiger partial charge on any atom is -0.346 e. The summed E-state index contributed by atoms with van der Waals surface area (Å²) in [5, 5.41) is 7.46. The van der Waals surface area contributed by atoms with E-state index in [-0.39, 0.29) is 17.1 Å². The molecule has 7 nitrogen and oxygen atoms in total.